The van der Waals surface area contributed by atoms with E-state index >= 15 is 0 Å². The lowest BCUT2D eigenvalue weighted by Gasteiger charge is -2.26. The smallest absolute Gasteiger partial charge is 0.241 e. The van der Waals surface area contributed by atoms with E-state index < -0.39 is 23.5 Å². The van der Waals surface area contributed by atoms with Crippen LogP contribution in [0.3, 0.4) is 0 Å². The molecule has 3 aliphatic heterocycles. The highest BCUT2D eigenvalue weighted by Gasteiger charge is 2.67. The van der Waals surface area contributed by atoms with Gasteiger partial charge in [-0.05, 0) is 18.6 Å². The lowest BCUT2D eigenvalue weighted by atomic mass is 9.77. The van der Waals surface area contributed by atoms with Crippen molar-refractivity contribution in [3.8, 4) is 0 Å². The number of nitrogens with zero attached hydrogens (tertiary/aromatic N) is 1. The Hall–Kier alpha value is -1.98. The highest BCUT2D eigenvalue weighted by Crippen LogP contribution is 2.52. The van der Waals surface area contributed by atoms with Crippen LogP contribution in [0, 0.1) is 18.8 Å². The van der Waals surface area contributed by atoms with E-state index in [2.05, 4.69) is 0 Å². The minimum Gasteiger partial charge on any atom is -0.393 e. The first kappa shape index (κ1) is 12.7. The highest BCUT2D eigenvalue weighted by atomic mass is 16.5. The van der Waals surface area contributed by atoms with Crippen LogP contribution in [0.2, 0.25) is 0 Å². The van der Waals surface area contributed by atoms with Gasteiger partial charge in [0.15, 0.2) is 0 Å². The van der Waals surface area contributed by atoms with Crippen LogP contribution in [0.15, 0.2) is 36.4 Å². The molecule has 5 heteroatoms. The van der Waals surface area contributed by atoms with Crippen molar-refractivity contribution in [1.82, 2.24) is 0 Å². The van der Waals surface area contributed by atoms with Crippen molar-refractivity contribution < 1.29 is 19.4 Å². The Labute approximate surface area is 121 Å². The predicted octanol–water partition coefficient (Wildman–Crippen LogP) is 0.800. The Kier molecular flexibility index (Phi) is 2.44. The number of hydrogen-bond donors (Lipinski definition) is 1. The third kappa shape index (κ3) is 1.42. The highest BCUT2D eigenvalue weighted by molar-refractivity contribution is 6.23. The van der Waals surface area contributed by atoms with E-state index in [-0.39, 0.29) is 18.4 Å². The fraction of sp³-hybridized carbons (Fsp3) is 0.375. The van der Waals surface area contributed by atoms with Crippen molar-refractivity contribution in [2.75, 3.05) is 11.5 Å². The summed E-state index contributed by atoms with van der Waals surface area (Å²) in [5.41, 5.74) is 0.465. The standard InChI is InChI=1S/C16H15NO4/c1-9-4-2-3-5-10(9)17-14(19)12-11-6-7-16(8-18,21-11)13(12)15(17)20/h2-7,11-13,18H,8H2,1H3/t11-,12+,13+,16-/m1/s1. The summed E-state index contributed by atoms with van der Waals surface area (Å²) in [6, 6.07) is 7.32. The molecule has 0 aliphatic carbocycles. The summed E-state index contributed by atoms with van der Waals surface area (Å²) < 4.78 is 5.70. The molecule has 108 valence electrons. The van der Waals surface area contributed by atoms with Crippen LogP contribution in [-0.2, 0) is 14.3 Å². The molecule has 21 heavy (non-hydrogen) atoms. The van der Waals surface area contributed by atoms with Gasteiger partial charge in [0.2, 0.25) is 11.8 Å². The molecule has 5 nitrogen and oxygen atoms in total. The van der Waals surface area contributed by atoms with Gasteiger partial charge in [0.25, 0.3) is 0 Å². The summed E-state index contributed by atoms with van der Waals surface area (Å²) in [6.07, 6.45) is 3.10. The summed E-state index contributed by atoms with van der Waals surface area (Å²) in [5, 5.41) is 9.65. The second kappa shape index (κ2) is 4.02. The molecule has 0 unspecified atom stereocenters. The van der Waals surface area contributed by atoms with Crippen LogP contribution < -0.4 is 4.90 Å². The number of benzene rings is 1. The van der Waals surface area contributed by atoms with Crippen LogP contribution in [0.5, 0.6) is 0 Å². The third-order valence-electron chi connectivity index (χ3n) is 4.76. The fourth-order valence-corrected chi connectivity index (χ4v) is 3.74. The molecule has 2 fully saturated rings. The minimum absolute atomic E-state index is 0.232. The summed E-state index contributed by atoms with van der Waals surface area (Å²) >= 11 is 0. The molecule has 1 aromatic rings. The molecule has 2 saturated heterocycles. The van der Waals surface area contributed by atoms with E-state index in [0.717, 1.165) is 5.56 Å². The van der Waals surface area contributed by atoms with Crippen molar-refractivity contribution >= 4 is 17.5 Å². The number of aliphatic hydroxyl groups is 1. The summed E-state index contributed by atoms with van der Waals surface area (Å²) in [7, 11) is 0. The van der Waals surface area contributed by atoms with Gasteiger partial charge in [0.05, 0.1) is 30.2 Å². The predicted molar refractivity (Wildman–Crippen MR) is 74.5 cm³/mol. The van der Waals surface area contributed by atoms with Gasteiger partial charge in [0.1, 0.15) is 5.60 Å². The van der Waals surface area contributed by atoms with Crippen molar-refractivity contribution in [2.45, 2.75) is 18.6 Å². The van der Waals surface area contributed by atoms with Crippen molar-refractivity contribution in [3.63, 3.8) is 0 Å². The van der Waals surface area contributed by atoms with Gasteiger partial charge < -0.3 is 9.84 Å². The molecular formula is C16H15NO4. The lowest BCUT2D eigenvalue weighted by Crippen LogP contribution is -2.43. The Morgan fingerprint density at radius 3 is 2.76 bits per heavy atom. The first-order chi connectivity index (χ1) is 10.1. The molecular weight excluding hydrogens is 270 g/mol. The number of aryl methyl sites for hydroxylation is 1. The number of ether oxygens (including phenoxy) is 1. The quantitative estimate of drug-likeness (QED) is 0.645. The van der Waals surface area contributed by atoms with E-state index in [1.165, 1.54) is 4.90 Å². The Morgan fingerprint density at radius 2 is 2.05 bits per heavy atom. The molecule has 4 rings (SSSR count). The molecule has 1 N–H and O–H groups in total. The van der Waals surface area contributed by atoms with Gasteiger partial charge in [-0.25, -0.2) is 4.90 Å². The molecule has 0 saturated carbocycles. The van der Waals surface area contributed by atoms with E-state index in [1.54, 1.807) is 18.2 Å². The van der Waals surface area contributed by atoms with Crippen LogP contribution in [-0.4, -0.2) is 35.2 Å². The number of anilines is 1. The van der Waals surface area contributed by atoms with Crippen LogP contribution in [0.25, 0.3) is 0 Å². The molecule has 0 aromatic heterocycles. The zero-order valence-corrected chi connectivity index (χ0v) is 11.5. The number of fused-ring (bicyclic) bond motifs is 5. The first-order valence-corrected chi connectivity index (χ1v) is 7.00. The molecule has 2 bridgehead atoms. The van der Waals surface area contributed by atoms with Gasteiger partial charge in [0, 0.05) is 0 Å². The Bertz CT molecular complexity index is 683. The SMILES string of the molecule is Cc1ccccc1N1C(=O)[C@@H]2[C@@H](C1=O)[C@]1(CO)C=C[C@H]2O1. The van der Waals surface area contributed by atoms with E-state index in [4.69, 9.17) is 4.74 Å². The molecule has 1 aromatic carbocycles. The van der Waals surface area contributed by atoms with Gasteiger partial charge in [-0.3, -0.25) is 9.59 Å². The van der Waals surface area contributed by atoms with E-state index in [0.29, 0.717) is 5.69 Å². The van der Waals surface area contributed by atoms with Gasteiger partial charge in [-0.2, -0.15) is 0 Å². The van der Waals surface area contributed by atoms with Gasteiger partial charge >= 0.3 is 0 Å². The number of para-hydroxylation sites is 1. The maximum atomic E-state index is 12.8. The number of imide groups is 1. The van der Waals surface area contributed by atoms with E-state index in [1.807, 2.05) is 25.1 Å². The monoisotopic (exact) mass is 285 g/mol. The summed E-state index contributed by atoms with van der Waals surface area (Å²) in [4.78, 5) is 26.8. The average Bonchev–Trinajstić information content (AvgIpc) is 3.12. The lowest BCUT2D eigenvalue weighted by molar-refractivity contribution is -0.128. The number of rotatable bonds is 2. The first-order valence-electron chi connectivity index (χ1n) is 7.00. The molecule has 2 amide bonds. The normalized spacial score (nSPS) is 36.7. The maximum absolute atomic E-state index is 12.8. The van der Waals surface area contributed by atoms with E-state index in [9.17, 15) is 14.7 Å². The molecule has 0 spiro atoms. The van der Waals surface area contributed by atoms with Crippen molar-refractivity contribution in [2.24, 2.45) is 11.8 Å². The van der Waals surface area contributed by atoms with Crippen molar-refractivity contribution in [3.05, 3.63) is 42.0 Å². The number of aliphatic hydroxyl groups excluding tert-OH is 1. The van der Waals surface area contributed by atoms with Crippen LogP contribution in [0.4, 0.5) is 5.69 Å². The number of amides is 2. The molecule has 4 atom stereocenters. The summed E-state index contributed by atoms with van der Waals surface area (Å²) in [6.45, 7) is 1.58. The second-order valence-corrected chi connectivity index (χ2v) is 5.86. The zero-order valence-electron chi connectivity index (χ0n) is 11.5. The minimum atomic E-state index is -1.03. The van der Waals surface area contributed by atoms with Gasteiger partial charge in [-0.1, -0.05) is 30.4 Å². The molecule has 3 heterocycles. The van der Waals surface area contributed by atoms with Gasteiger partial charge in [-0.15, -0.1) is 0 Å². The van der Waals surface area contributed by atoms with Crippen LogP contribution in [0.1, 0.15) is 5.56 Å². The Balaban J connectivity index is 1.81. The van der Waals surface area contributed by atoms with Crippen molar-refractivity contribution in [1.29, 1.82) is 0 Å². The molecule has 3 aliphatic rings. The zero-order chi connectivity index (χ0) is 14.8. The average molecular weight is 285 g/mol. The summed E-state index contributed by atoms with van der Waals surface area (Å²) in [5.74, 6) is -1.65. The third-order valence-corrected chi connectivity index (χ3v) is 4.76. The number of carbonyl (C=O) groups is 2. The topological polar surface area (TPSA) is 66.8 Å². The fourth-order valence-electron chi connectivity index (χ4n) is 3.74. The molecule has 0 radical (unpaired) electrons. The Morgan fingerprint density at radius 1 is 1.29 bits per heavy atom. The number of hydrogen-bond acceptors (Lipinski definition) is 4. The van der Waals surface area contributed by atoms with Crippen LogP contribution >= 0.6 is 0 Å². The number of carbonyl (C=O) groups excluding carboxylic acids is 2. The largest absolute Gasteiger partial charge is 0.393 e. The second-order valence-electron chi connectivity index (χ2n) is 5.86. The maximum Gasteiger partial charge on any atom is 0.241 e.